The first-order valence-corrected chi connectivity index (χ1v) is 8.43. The van der Waals surface area contributed by atoms with Crippen molar-refractivity contribution in [2.45, 2.75) is 4.90 Å². The van der Waals surface area contributed by atoms with Crippen molar-refractivity contribution in [2.75, 3.05) is 26.5 Å². The summed E-state index contributed by atoms with van der Waals surface area (Å²) in [7, 11) is 0.870. The van der Waals surface area contributed by atoms with Gasteiger partial charge in [0.15, 0.2) is 11.5 Å². The van der Waals surface area contributed by atoms with Crippen LogP contribution < -0.4 is 14.8 Å². The molecule has 1 amide bonds. The van der Waals surface area contributed by atoms with Crippen LogP contribution in [0.5, 0.6) is 11.5 Å². The van der Waals surface area contributed by atoms with Crippen molar-refractivity contribution >= 4 is 21.8 Å². The molecule has 0 fully saturated rings. The molecule has 8 heteroatoms. The molecule has 0 aromatic heterocycles. The average molecular weight is 350 g/mol. The Hall–Kier alpha value is -2.58. The third kappa shape index (κ3) is 4.03. The van der Waals surface area contributed by atoms with Gasteiger partial charge in [0.25, 0.3) is 0 Å². The van der Waals surface area contributed by atoms with Crippen molar-refractivity contribution in [1.29, 1.82) is 0 Å². The highest BCUT2D eigenvalue weighted by atomic mass is 32.2. The van der Waals surface area contributed by atoms with Gasteiger partial charge < -0.3 is 9.47 Å². The van der Waals surface area contributed by atoms with Gasteiger partial charge in [-0.25, -0.2) is 17.5 Å². The molecule has 0 saturated heterocycles. The minimum absolute atomic E-state index is 0.135. The number of benzene rings is 2. The Morgan fingerprint density at radius 2 is 1.58 bits per heavy atom. The molecule has 0 atom stereocenters. The number of hydrogen-bond acceptors (Lipinski definition) is 5. The first-order chi connectivity index (χ1) is 11.3. The second-order valence-electron chi connectivity index (χ2n) is 4.98. The molecule has 24 heavy (non-hydrogen) atoms. The maximum absolute atomic E-state index is 12.0. The maximum atomic E-state index is 12.0. The lowest BCUT2D eigenvalue weighted by Gasteiger charge is -2.12. The zero-order valence-corrected chi connectivity index (χ0v) is 14.3. The van der Waals surface area contributed by atoms with Gasteiger partial charge in [-0.2, -0.15) is 0 Å². The summed E-state index contributed by atoms with van der Waals surface area (Å²) in [5.74, 6) is 0.712. The second-order valence-corrected chi connectivity index (χ2v) is 7.13. The Bertz CT molecular complexity index is 817. The number of carbonyl (C=O) groups is 1. The normalized spacial score (nSPS) is 11.2. The second kappa shape index (κ2) is 7.33. The summed E-state index contributed by atoms with van der Waals surface area (Å²) >= 11 is 0. The van der Waals surface area contributed by atoms with Crippen LogP contribution in [0.2, 0.25) is 0 Å². The number of rotatable bonds is 5. The van der Waals surface area contributed by atoms with E-state index in [9.17, 15) is 13.2 Å². The molecule has 0 saturated carbocycles. The Morgan fingerprint density at radius 1 is 1.00 bits per heavy atom. The number of nitrogens with one attached hydrogen (secondary N) is 1. The quantitative estimate of drug-likeness (QED) is 0.896. The fraction of sp³-hybridized carbons (Fsp3) is 0.188. The number of carbonyl (C=O) groups excluding carboxylic acids is 1. The highest BCUT2D eigenvalue weighted by Gasteiger charge is 2.17. The molecule has 2 aromatic rings. The fourth-order valence-electron chi connectivity index (χ4n) is 1.87. The summed E-state index contributed by atoms with van der Waals surface area (Å²) in [5, 5.41) is 2.52. The van der Waals surface area contributed by atoms with Crippen molar-refractivity contribution in [1.82, 2.24) is 4.31 Å². The summed E-state index contributed by atoms with van der Waals surface area (Å²) in [6, 6.07) is 12.5. The number of anilines is 1. The molecule has 0 aliphatic rings. The zero-order chi connectivity index (χ0) is 17.7. The number of hydrogen-bond donors (Lipinski definition) is 1. The zero-order valence-electron chi connectivity index (χ0n) is 13.5. The Morgan fingerprint density at radius 3 is 2.12 bits per heavy atom. The first kappa shape index (κ1) is 17.8. The van der Waals surface area contributed by atoms with Crippen molar-refractivity contribution in [2.24, 2.45) is 0 Å². The SMILES string of the molecule is COc1ccccc1OC(=O)Nc1ccc(S(=O)(=O)N(C)C)cc1. The van der Waals surface area contributed by atoms with Crippen LogP contribution in [-0.2, 0) is 10.0 Å². The van der Waals surface area contributed by atoms with E-state index in [2.05, 4.69) is 5.32 Å². The molecule has 0 aliphatic carbocycles. The summed E-state index contributed by atoms with van der Waals surface area (Å²) < 4.78 is 35.3. The topological polar surface area (TPSA) is 84.9 Å². The molecule has 0 bridgehead atoms. The lowest BCUT2D eigenvalue weighted by molar-refractivity contribution is 0.213. The summed E-state index contributed by atoms with van der Waals surface area (Å²) in [4.78, 5) is 12.1. The largest absolute Gasteiger partial charge is 0.493 e. The van der Waals surface area contributed by atoms with Crippen LogP contribution in [-0.4, -0.2) is 40.0 Å². The van der Waals surface area contributed by atoms with Gasteiger partial charge in [0, 0.05) is 19.8 Å². The van der Waals surface area contributed by atoms with Crippen LogP contribution in [0.4, 0.5) is 10.5 Å². The molecule has 1 N–H and O–H groups in total. The molecule has 0 aliphatic heterocycles. The summed E-state index contributed by atoms with van der Waals surface area (Å²) in [5.41, 5.74) is 0.410. The standard InChI is InChI=1S/C16H18N2O5S/c1-18(2)24(20,21)13-10-8-12(9-11-13)17-16(19)23-15-7-5-4-6-14(15)22-3/h4-11H,1-3H3,(H,17,19). The molecule has 2 aromatic carbocycles. The molecular formula is C16H18N2O5S. The molecule has 0 unspecified atom stereocenters. The van der Waals surface area contributed by atoms with Gasteiger partial charge in [-0.05, 0) is 36.4 Å². The average Bonchev–Trinajstić information content (AvgIpc) is 2.55. The van der Waals surface area contributed by atoms with E-state index in [1.54, 1.807) is 24.3 Å². The van der Waals surface area contributed by atoms with Crippen LogP contribution >= 0.6 is 0 Å². The van der Waals surface area contributed by atoms with E-state index in [1.807, 2.05) is 0 Å². The molecule has 0 radical (unpaired) electrons. The van der Waals surface area contributed by atoms with Gasteiger partial charge in [0.2, 0.25) is 10.0 Å². The molecule has 0 spiro atoms. The lowest BCUT2D eigenvalue weighted by Crippen LogP contribution is -2.22. The van der Waals surface area contributed by atoms with Gasteiger partial charge in [0.1, 0.15) is 0 Å². The monoisotopic (exact) mass is 350 g/mol. The van der Waals surface area contributed by atoms with E-state index in [1.165, 1.54) is 45.5 Å². The van der Waals surface area contributed by atoms with Crippen molar-refractivity contribution < 1.29 is 22.7 Å². The van der Waals surface area contributed by atoms with Gasteiger partial charge in [-0.1, -0.05) is 12.1 Å². The number of methoxy groups -OCH3 is 1. The van der Waals surface area contributed by atoms with E-state index in [0.717, 1.165) is 4.31 Å². The predicted molar refractivity (Wildman–Crippen MR) is 90.0 cm³/mol. The Labute approximate surface area is 140 Å². The van der Waals surface area contributed by atoms with Crippen LogP contribution in [0.15, 0.2) is 53.4 Å². The van der Waals surface area contributed by atoms with Crippen LogP contribution in [0.1, 0.15) is 0 Å². The van der Waals surface area contributed by atoms with Crippen LogP contribution in [0.25, 0.3) is 0 Å². The molecule has 7 nitrogen and oxygen atoms in total. The highest BCUT2D eigenvalue weighted by molar-refractivity contribution is 7.89. The maximum Gasteiger partial charge on any atom is 0.417 e. The smallest absolute Gasteiger partial charge is 0.417 e. The van der Waals surface area contributed by atoms with Crippen molar-refractivity contribution in [3.05, 3.63) is 48.5 Å². The van der Waals surface area contributed by atoms with E-state index in [4.69, 9.17) is 9.47 Å². The van der Waals surface area contributed by atoms with E-state index in [-0.39, 0.29) is 10.6 Å². The van der Waals surface area contributed by atoms with Gasteiger partial charge in [-0.3, -0.25) is 5.32 Å². The predicted octanol–water partition coefficient (Wildman–Crippen LogP) is 2.56. The minimum Gasteiger partial charge on any atom is -0.493 e. The fourth-order valence-corrected chi connectivity index (χ4v) is 2.77. The Kier molecular flexibility index (Phi) is 5.42. The first-order valence-electron chi connectivity index (χ1n) is 6.99. The van der Waals surface area contributed by atoms with Gasteiger partial charge >= 0.3 is 6.09 Å². The summed E-state index contributed by atoms with van der Waals surface area (Å²) in [6.07, 6.45) is -0.706. The molecular weight excluding hydrogens is 332 g/mol. The van der Waals surface area contributed by atoms with Crippen molar-refractivity contribution in [3.63, 3.8) is 0 Å². The van der Waals surface area contributed by atoms with E-state index >= 15 is 0 Å². The van der Waals surface area contributed by atoms with Crippen molar-refractivity contribution in [3.8, 4) is 11.5 Å². The van der Waals surface area contributed by atoms with Gasteiger partial charge in [0.05, 0.1) is 12.0 Å². The third-order valence-electron chi connectivity index (χ3n) is 3.15. The number of para-hydroxylation sites is 2. The highest BCUT2D eigenvalue weighted by Crippen LogP contribution is 2.26. The van der Waals surface area contributed by atoms with Crippen LogP contribution in [0, 0.1) is 0 Å². The number of amides is 1. The lowest BCUT2D eigenvalue weighted by atomic mass is 10.3. The van der Waals surface area contributed by atoms with Gasteiger partial charge in [-0.15, -0.1) is 0 Å². The number of sulfonamides is 1. The van der Waals surface area contributed by atoms with E-state index < -0.39 is 16.1 Å². The summed E-state index contributed by atoms with van der Waals surface area (Å²) in [6.45, 7) is 0. The Balaban J connectivity index is 2.07. The van der Waals surface area contributed by atoms with E-state index in [0.29, 0.717) is 11.4 Å². The minimum atomic E-state index is -3.51. The molecule has 128 valence electrons. The third-order valence-corrected chi connectivity index (χ3v) is 4.98. The van der Waals surface area contributed by atoms with Crippen LogP contribution in [0.3, 0.4) is 0 Å². The molecule has 0 heterocycles. The number of ether oxygens (including phenoxy) is 2. The molecule has 2 rings (SSSR count). The number of nitrogens with zero attached hydrogens (tertiary/aromatic N) is 1.